The number of benzene rings is 6. The molecule has 1 N–H and O–H groups in total. The lowest BCUT2D eigenvalue weighted by atomic mass is 9.98. The molecule has 1 aliphatic rings. The summed E-state index contributed by atoms with van der Waals surface area (Å²) in [7, 11) is 0. The van der Waals surface area contributed by atoms with E-state index in [0.29, 0.717) is 0 Å². The lowest BCUT2D eigenvalue weighted by molar-refractivity contribution is 1.30. The molecule has 0 atom stereocenters. The smallest absolute Gasteiger partial charge is 0.0710 e. The molecular weight excluding hydrogens is 460 g/mol. The number of anilines is 3. The number of nitrogens with zero attached hydrogens (tertiary/aromatic N) is 1. The minimum absolute atomic E-state index is 1.13. The first-order valence-corrected chi connectivity index (χ1v) is 13.0. The standard InChI is InChI=1S/C36H26N2/c1-3-13-28(14-4-1)35-36(37-35)33-20-10-9-18-31(33)27-22-24-30(25-23-27)38(29-16-5-2-6-17-29)34-21-11-15-26-12-7-8-19-32(26)34/h1-25,37H. The predicted molar refractivity (Wildman–Crippen MR) is 160 cm³/mol. The SMILES string of the molecule is c1ccc(C2=C(c3ccccc3-c3ccc(N(c4ccccc4)c4cccc5ccccc45)cc3)N2)cc1. The highest BCUT2D eigenvalue weighted by Gasteiger charge is 2.26. The second-order valence-electron chi connectivity index (χ2n) is 9.50. The van der Waals surface area contributed by atoms with E-state index in [1.165, 1.54) is 50.1 Å². The zero-order valence-electron chi connectivity index (χ0n) is 20.9. The molecule has 0 fully saturated rings. The van der Waals surface area contributed by atoms with Crippen LogP contribution in [-0.4, -0.2) is 0 Å². The van der Waals surface area contributed by atoms with Crippen molar-refractivity contribution in [1.29, 1.82) is 0 Å². The molecule has 0 unspecified atom stereocenters. The molecule has 2 heteroatoms. The van der Waals surface area contributed by atoms with Gasteiger partial charge < -0.3 is 10.2 Å². The largest absolute Gasteiger partial charge is 0.351 e. The van der Waals surface area contributed by atoms with Gasteiger partial charge in [-0.2, -0.15) is 0 Å². The normalized spacial score (nSPS) is 12.3. The van der Waals surface area contributed by atoms with Crippen molar-refractivity contribution in [2.45, 2.75) is 0 Å². The molecule has 0 spiro atoms. The molecule has 0 amide bonds. The summed E-state index contributed by atoms with van der Waals surface area (Å²) in [5.41, 5.74) is 10.7. The Labute approximate surface area is 223 Å². The topological polar surface area (TPSA) is 25.2 Å². The fourth-order valence-electron chi connectivity index (χ4n) is 5.27. The van der Waals surface area contributed by atoms with E-state index in [9.17, 15) is 0 Å². The number of hydrogen-bond donors (Lipinski definition) is 1. The van der Waals surface area contributed by atoms with Gasteiger partial charge in [-0.25, -0.2) is 0 Å². The Hall–Kier alpha value is -5.08. The average molecular weight is 487 g/mol. The van der Waals surface area contributed by atoms with Crippen molar-refractivity contribution in [3.63, 3.8) is 0 Å². The van der Waals surface area contributed by atoms with E-state index in [0.717, 1.165) is 11.4 Å². The van der Waals surface area contributed by atoms with E-state index < -0.39 is 0 Å². The number of hydrogen-bond acceptors (Lipinski definition) is 2. The highest BCUT2D eigenvalue weighted by Crippen LogP contribution is 2.42. The first-order valence-electron chi connectivity index (χ1n) is 13.0. The fourth-order valence-corrected chi connectivity index (χ4v) is 5.27. The molecule has 0 aliphatic carbocycles. The highest BCUT2D eigenvalue weighted by atomic mass is 15.1. The van der Waals surface area contributed by atoms with E-state index in [1.54, 1.807) is 0 Å². The molecule has 6 aromatic carbocycles. The monoisotopic (exact) mass is 486 g/mol. The van der Waals surface area contributed by atoms with Gasteiger partial charge in [0.15, 0.2) is 0 Å². The van der Waals surface area contributed by atoms with E-state index in [4.69, 9.17) is 0 Å². The van der Waals surface area contributed by atoms with E-state index >= 15 is 0 Å². The summed E-state index contributed by atoms with van der Waals surface area (Å²) in [5, 5.41) is 5.99. The Bertz CT molecular complexity index is 1760. The second-order valence-corrected chi connectivity index (χ2v) is 9.50. The van der Waals surface area contributed by atoms with Crippen LogP contribution in [0, 0.1) is 0 Å². The average Bonchev–Trinajstić information content (AvgIpc) is 3.80. The van der Waals surface area contributed by atoms with Gasteiger partial charge in [-0.1, -0.05) is 121 Å². The van der Waals surface area contributed by atoms with Crippen LogP contribution < -0.4 is 10.2 Å². The third-order valence-corrected chi connectivity index (χ3v) is 7.15. The van der Waals surface area contributed by atoms with Gasteiger partial charge in [0.1, 0.15) is 0 Å². The lowest BCUT2D eigenvalue weighted by Gasteiger charge is -2.27. The van der Waals surface area contributed by atoms with Crippen molar-refractivity contribution in [2.75, 3.05) is 4.90 Å². The van der Waals surface area contributed by atoms with Gasteiger partial charge in [0, 0.05) is 27.9 Å². The maximum absolute atomic E-state index is 3.53. The van der Waals surface area contributed by atoms with Crippen LogP contribution >= 0.6 is 0 Å². The highest BCUT2D eigenvalue weighted by molar-refractivity contribution is 6.07. The Morgan fingerprint density at radius 3 is 1.79 bits per heavy atom. The van der Waals surface area contributed by atoms with Crippen molar-refractivity contribution in [2.24, 2.45) is 0 Å². The van der Waals surface area contributed by atoms with Crippen LogP contribution in [0.4, 0.5) is 17.1 Å². The minimum Gasteiger partial charge on any atom is -0.351 e. The summed E-state index contributed by atoms with van der Waals surface area (Å²) >= 11 is 0. The molecule has 0 bridgehead atoms. The van der Waals surface area contributed by atoms with Gasteiger partial charge in [-0.3, -0.25) is 0 Å². The summed E-state index contributed by atoms with van der Waals surface area (Å²) in [6, 6.07) is 53.8. The summed E-state index contributed by atoms with van der Waals surface area (Å²) in [6.07, 6.45) is 0. The number of fused-ring (bicyclic) bond motifs is 1. The molecular formula is C36H26N2. The van der Waals surface area contributed by atoms with Crippen LogP contribution in [0.2, 0.25) is 0 Å². The summed E-state index contributed by atoms with van der Waals surface area (Å²) in [4.78, 5) is 2.34. The van der Waals surface area contributed by atoms with E-state index in [2.05, 4.69) is 162 Å². The molecule has 38 heavy (non-hydrogen) atoms. The lowest BCUT2D eigenvalue weighted by Crippen LogP contribution is -2.10. The third kappa shape index (κ3) is 4.03. The molecule has 0 radical (unpaired) electrons. The molecule has 7 rings (SSSR count). The van der Waals surface area contributed by atoms with Gasteiger partial charge in [0.25, 0.3) is 0 Å². The first kappa shape index (κ1) is 22.1. The molecule has 2 nitrogen and oxygen atoms in total. The van der Waals surface area contributed by atoms with Gasteiger partial charge in [-0.05, 0) is 46.8 Å². The van der Waals surface area contributed by atoms with Crippen molar-refractivity contribution >= 4 is 39.2 Å². The third-order valence-electron chi connectivity index (χ3n) is 7.15. The molecule has 0 saturated carbocycles. The molecule has 0 saturated heterocycles. The summed E-state index contributed by atoms with van der Waals surface area (Å²) in [5.74, 6) is 0. The summed E-state index contributed by atoms with van der Waals surface area (Å²) in [6.45, 7) is 0. The fraction of sp³-hybridized carbons (Fsp3) is 0. The van der Waals surface area contributed by atoms with Crippen LogP contribution in [-0.2, 0) is 0 Å². The number of para-hydroxylation sites is 1. The van der Waals surface area contributed by atoms with Crippen molar-refractivity contribution in [3.05, 3.63) is 163 Å². The zero-order valence-corrected chi connectivity index (χ0v) is 20.9. The minimum atomic E-state index is 1.13. The van der Waals surface area contributed by atoms with Crippen LogP contribution in [0.25, 0.3) is 33.3 Å². The van der Waals surface area contributed by atoms with Crippen molar-refractivity contribution in [3.8, 4) is 11.1 Å². The van der Waals surface area contributed by atoms with Crippen molar-refractivity contribution < 1.29 is 0 Å². The van der Waals surface area contributed by atoms with Crippen LogP contribution in [0.3, 0.4) is 0 Å². The molecule has 6 aromatic rings. The summed E-state index contributed by atoms with van der Waals surface area (Å²) < 4.78 is 0. The van der Waals surface area contributed by atoms with Crippen LogP contribution in [0.5, 0.6) is 0 Å². The Kier molecular flexibility index (Phi) is 5.49. The molecule has 180 valence electrons. The van der Waals surface area contributed by atoms with E-state index in [-0.39, 0.29) is 0 Å². The molecule has 0 aromatic heterocycles. The Morgan fingerprint density at radius 2 is 1.00 bits per heavy atom. The number of rotatable bonds is 6. The second kappa shape index (κ2) is 9.42. The van der Waals surface area contributed by atoms with Gasteiger partial charge in [-0.15, -0.1) is 0 Å². The molecule has 1 heterocycles. The van der Waals surface area contributed by atoms with Crippen LogP contribution in [0.15, 0.2) is 152 Å². The van der Waals surface area contributed by atoms with Gasteiger partial charge in [0.2, 0.25) is 0 Å². The quantitative estimate of drug-likeness (QED) is 0.254. The number of nitrogens with one attached hydrogen (secondary N) is 1. The maximum atomic E-state index is 3.53. The first-order chi connectivity index (χ1) is 18.9. The van der Waals surface area contributed by atoms with Gasteiger partial charge in [0.05, 0.1) is 17.1 Å². The maximum Gasteiger partial charge on any atom is 0.0710 e. The Morgan fingerprint density at radius 1 is 0.395 bits per heavy atom. The molecule has 1 aliphatic heterocycles. The zero-order chi connectivity index (χ0) is 25.3. The van der Waals surface area contributed by atoms with Crippen molar-refractivity contribution in [1.82, 2.24) is 5.32 Å². The predicted octanol–water partition coefficient (Wildman–Crippen LogP) is 9.41. The van der Waals surface area contributed by atoms with Crippen LogP contribution in [0.1, 0.15) is 11.1 Å². The van der Waals surface area contributed by atoms with Gasteiger partial charge >= 0.3 is 0 Å². The van der Waals surface area contributed by atoms with E-state index in [1.807, 2.05) is 0 Å². The Balaban J connectivity index is 1.30.